The minimum absolute atomic E-state index is 0.396. The average Bonchev–Trinajstić information content (AvgIpc) is 2.88. The van der Waals surface area contributed by atoms with Gasteiger partial charge in [0.15, 0.2) is 5.82 Å². The van der Waals surface area contributed by atoms with E-state index in [0.29, 0.717) is 23.9 Å². The first-order chi connectivity index (χ1) is 9.24. The quantitative estimate of drug-likeness (QED) is 0.935. The molecule has 2 aromatic rings. The van der Waals surface area contributed by atoms with E-state index in [9.17, 15) is 5.11 Å². The average molecular weight is 277 g/mol. The summed E-state index contributed by atoms with van der Waals surface area (Å²) in [7, 11) is 0. The second-order valence-electron chi connectivity index (χ2n) is 4.48. The monoisotopic (exact) mass is 276 g/mol. The van der Waals surface area contributed by atoms with Crippen molar-refractivity contribution in [1.29, 1.82) is 0 Å². The fourth-order valence-electron chi connectivity index (χ4n) is 2.28. The molecule has 3 rings (SSSR count). The summed E-state index contributed by atoms with van der Waals surface area (Å²) in [4.78, 5) is 8.11. The highest BCUT2D eigenvalue weighted by atomic mass is 35.5. The van der Waals surface area contributed by atoms with Crippen LogP contribution in [-0.4, -0.2) is 21.7 Å². The van der Waals surface area contributed by atoms with E-state index in [-0.39, 0.29) is 0 Å². The van der Waals surface area contributed by atoms with Crippen LogP contribution in [-0.2, 0) is 12.8 Å². The Labute approximate surface area is 116 Å². The maximum atomic E-state index is 10.2. The van der Waals surface area contributed by atoms with Crippen molar-refractivity contribution in [2.24, 2.45) is 0 Å². The van der Waals surface area contributed by atoms with Gasteiger partial charge in [0.2, 0.25) is 0 Å². The number of aromatic nitrogens is 2. The molecule has 1 aromatic carbocycles. The van der Waals surface area contributed by atoms with Gasteiger partial charge in [-0.1, -0.05) is 11.6 Å². The molecule has 1 unspecified atom stereocenters. The Hall–Kier alpha value is -1.65. The molecule has 0 fully saturated rings. The third-order valence-corrected chi connectivity index (χ3v) is 3.34. The third kappa shape index (κ3) is 2.55. The molecule has 19 heavy (non-hydrogen) atoms. The number of aliphatic hydroxyl groups excluding tert-OH is 1. The van der Waals surface area contributed by atoms with Gasteiger partial charge in [0, 0.05) is 30.3 Å². The van der Waals surface area contributed by atoms with Crippen LogP contribution in [0.5, 0.6) is 5.75 Å². The van der Waals surface area contributed by atoms with Crippen molar-refractivity contribution in [3.05, 3.63) is 52.6 Å². The van der Waals surface area contributed by atoms with Gasteiger partial charge in [-0.15, -0.1) is 0 Å². The molecule has 4 nitrogen and oxygen atoms in total. The topological polar surface area (TPSA) is 55.2 Å². The van der Waals surface area contributed by atoms with Gasteiger partial charge in [-0.05, 0) is 29.3 Å². The lowest BCUT2D eigenvalue weighted by Crippen LogP contribution is -2.07. The Kier molecular flexibility index (Phi) is 3.36. The number of hydrogen-bond donors (Lipinski definition) is 1. The van der Waals surface area contributed by atoms with Crippen molar-refractivity contribution >= 4 is 11.6 Å². The van der Waals surface area contributed by atoms with Gasteiger partial charge in [0.05, 0.1) is 6.61 Å². The lowest BCUT2D eigenvalue weighted by Gasteiger charge is -2.12. The SMILES string of the molecule is OC(Cc1cc(Cl)cc2c1OCC2)c1ncccn1. The van der Waals surface area contributed by atoms with Gasteiger partial charge in [0.1, 0.15) is 11.9 Å². The van der Waals surface area contributed by atoms with E-state index < -0.39 is 6.10 Å². The summed E-state index contributed by atoms with van der Waals surface area (Å²) in [6, 6.07) is 5.47. The lowest BCUT2D eigenvalue weighted by molar-refractivity contribution is 0.167. The summed E-state index contributed by atoms with van der Waals surface area (Å²) >= 11 is 6.09. The number of ether oxygens (including phenoxy) is 1. The molecule has 0 amide bonds. The highest BCUT2D eigenvalue weighted by molar-refractivity contribution is 6.30. The number of hydrogen-bond acceptors (Lipinski definition) is 4. The van der Waals surface area contributed by atoms with E-state index in [1.165, 1.54) is 0 Å². The number of rotatable bonds is 3. The van der Waals surface area contributed by atoms with Crippen molar-refractivity contribution < 1.29 is 9.84 Å². The second-order valence-corrected chi connectivity index (χ2v) is 4.91. The van der Waals surface area contributed by atoms with Crippen LogP contribution in [0.3, 0.4) is 0 Å². The highest BCUT2D eigenvalue weighted by Gasteiger charge is 2.21. The number of halogens is 1. The highest BCUT2D eigenvalue weighted by Crippen LogP contribution is 2.34. The summed E-state index contributed by atoms with van der Waals surface area (Å²) in [6.07, 6.45) is 3.73. The van der Waals surface area contributed by atoms with E-state index in [4.69, 9.17) is 16.3 Å². The van der Waals surface area contributed by atoms with Crippen LogP contribution in [0, 0.1) is 0 Å². The maximum Gasteiger partial charge on any atom is 0.157 e. The van der Waals surface area contributed by atoms with Crippen LogP contribution in [0.1, 0.15) is 23.1 Å². The lowest BCUT2D eigenvalue weighted by atomic mass is 10.0. The molecular weight excluding hydrogens is 264 g/mol. The fraction of sp³-hybridized carbons (Fsp3) is 0.286. The molecule has 0 radical (unpaired) electrons. The van der Waals surface area contributed by atoms with Gasteiger partial charge in [-0.2, -0.15) is 0 Å². The first-order valence-electron chi connectivity index (χ1n) is 6.13. The Balaban J connectivity index is 1.88. The molecular formula is C14H13ClN2O2. The molecule has 1 aliphatic rings. The minimum atomic E-state index is -0.757. The minimum Gasteiger partial charge on any atom is -0.493 e. The van der Waals surface area contributed by atoms with Crippen LogP contribution in [0.15, 0.2) is 30.6 Å². The first-order valence-corrected chi connectivity index (χ1v) is 6.51. The molecule has 1 aliphatic heterocycles. The van der Waals surface area contributed by atoms with Crippen LogP contribution >= 0.6 is 11.6 Å². The normalized spacial score (nSPS) is 14.8. The van der Waals surface area contributed by atoms with Crippen molar-refractivity contribution in [3.63, 3.8) is 0 Å². The number of nitrogens with zero attached hydrogens (tertiary/aromatic N) is 2. The van der Waals surface area contributed by atoms with Crippen molar-refractivity contribution in [2.45, 2.75) is 18.9 Å². The molecule has 0 aliphatic carbocycles. The first kappa shape index (κ1) is 12.4. The molecule has 0 saturated carbocycles. The molecule has 98 valence electrons. The second kappa shape index (κ2) is 5.15. The van der Waals surface area contributed by atoms with Crippen LogP contribution in [0.2, 0.25) is 5.02 Å². The van der Waals surface area contributed by atoms with E-state index in [1.54, 1.807) is 18.5 Å². The zero-order chi connectivity index (χ0) is 13.2. The summed E-state index contributed by atoms with van der Waals surface area (Å²) in [5, 5.41) is 10.8. The van der Waals surface area contributed by atoms with Crippen LogP contribution < -0.4 is 4.74 Å². The standard InChI is InChI=1S/C14H13ClN2O2/c15-11-6-9-2-5-19-13(9)10(7-11)8-12(18)14-16-3-1-4-17-14/h1,3-4,6-7,12,18H,2,5,8H2. The predicted octanol–water partition coefficient (Wildman–Crippen LogP) is 2.34. The smallest absolute Gasteiger partial charge is 0.157 e. The largest absolute Gasteiger partial charge is 0.493 e. The predicted molar refractivity (Wildman–Crippen MR) is 71.3 cm³/mol. The Morgan fingerprint density at radius 1 is 1.32 bits per heavy atom. The van der Waals surface area contributed by atoms with E-state index in [2.05, 4.69) is 9.97 Å². The number of aliphatic hydroxyl groups is 1. The van der Waals surface area contributed by atoms with E-state index in [0.717, 1.165) is 23.3 Å². The van der Waals surface area contributed by atoms with E-state index >= 15 is 0 Å². The fourth-order valence-corrected chi connectivity index (χ4v) is 2.54. The molecule has 1 aromatic heterocycles. The van der Waals surface area contributed by atoms with E-state index in [1.807, 2.05) is 12.1 Å². The zero-order valence-corrected chi connectivity index (χ0v) is 11.0. The number of fused-ring (bicyclic) bond motifs is 1. The molecule has 2 heterocycles. The Morgan fingerprint density at radius 2 is 2.11 bits per heavy atom. The van der Waals surface area contributed by atoms with Gasteiger partial charge >= 0.3 is 0 Å². The Bertz CT molecular complexity index is 589. The molecule has 1 atom stereocenters. The maximum absolute atomic E-state index is 10.2. The van der Waals surface area contributed by atoms with Crippen molar-refractivity contribution in [3.8, 4) is 5.75 Å². The van der Waals surface area contributed by atoms with Crippen molar-refractivity contribution in [1.82, 2.24) is 9.97 Å². The summed E-state index contributed by atoms with van der Waals surface area (Å²) < 4.78 is 5.61. The molecule has 0 spiro atoms. The molecule has 5 heteroatoms. The van der Waals surface area contributed by atoms with Gasteiger partial charge in [-0.3, -0.25) is 0 Å². The molecule has 0 saturated heterocycles. The molecule has 0 bridgehead atoms. The van der Waals surface area contributed by atoms with Crippen molar-refractivity contribution in [2.75, 3.05) is 6.61 Å². The van der Waals surface area contributed by atoms with Gasteiger partial charge in [0.25, 0.3) is 0 Å². The van der Waals surface area contributed by atoms with Crippen LogP contribution in [0.4, 0.5) is 0 Å². The van der Waals surface area contributed by atoms with Crippen LogP contribution in [0.25, 0.3) is 0 Å². The Morgan fingerprint density at radius 3 is 2.89 bits per heavy atom. The zero-order valence-electron chi connectivity index (χ0n) is 10.2. The molecule has 1 N–H and O–H groups in total. The third-order valence-electron chi connectivity index (χ3n) is 3.12. The summed E-state index contributed by atoms with van der Waals surface area (Å²) in [5.41, 5.74) is 2.00. The number of benzene rings is 1. The van der Waals surface area contributed by atoms with Gasteiger partial charge in [-0.25, -0.2) is 9.97 Å². The van der Waals surface area contributed by atoms with Gasteiger partial charge < -0.3 is 9.84 Å². The summed E-state index contributed by atoms with van der Waals surface area (Å²) in [6.45, 7) is 0.667. The summed E-state index contributed by atoms with van der Waals surface area (Å²) in [5.74, 6) is 1.26.